The van der Waals surface area contributed by atoms with Crippen LogP contribution in [0.25, 0.3) is 0 Å². The van der Waals surface area contributed by atoms with Crippen LogP contribution < -0.4 is 0 Å². The fraction of sp³-hybridized carbons (Fsp3) is 0.583. The SMILES string of the molecule is C[C@H]1C=C[C@@H]2C(=O)N(CC(F)(F)F)C(=O)[C@@H]2[C@@H]1C(=O)O. The Bertz CT molecular complexity index is 499. The summed E-state index contributed by atoms with van der Waals surface area (Å²) in [5.74, 6) is -7.37. The number of nitrogens with zero attached hydrogens (tertiary/aromatic N) is 1. The quantitative estimate of drug-likeness (QED) is 0.609. The lowest BCUT2D eigenvalue weighted by molar-refractivity contribution is -0.167. The summed E-state index contributed by atoms with van der Waals surface area (Å²) in [4.78, 5) is 35.2. The molecule has 0 aromatic rings. The molecule has 1 fully saturated rings. The van der Waals surface area contributed by atoms with Gasteiger partial charge in [0.15, 0.2) is 0 Å². The fourth-order valence-corrected chi connectivity index (χ4v) is 2.81. The van der Waals surface area contributed by atoms with E-state index in [1.54, 1.807) is 6.92 Å². The number of hydrogen-bond donors (Lipinski definition) is 1. The van der Waals surface area contributed by atoms with Crippen molar-refractivity contribution in [2.75, 3.05) is 6.54 Å². The lowest BCUT2D eigenvalue weighted by atomic mass is 9.72. The Kier molecular flexibility index (Phi) is 3.35. The van der Waals surface area contributed by atoms with E-state index in [1.807, 2.05) is 0 Å². The minimum atomic E-state index is -4.70. The summed E-state index contributed by atoms with van der Waals surface area (Å²) in [5.41, 5.74) is 0. The maximum absolute atomic E-state index is 12.4. The van der Waals surface area contributed by atoms with Crippen LogP contribution in [0.2, 0.25) is 0 Å². The van der Waals surface area contributed by atoms with Crippen LogP contribution in [0.3, 0.4) is 0 Å². The Morgan fingerprint density at radius 1 is 1.30 bits per heavy atom. The summed E-state index contributed by atoms with van der Waals surface area (Å²) < 4.78 is 37.2. The average Bonchev–Trinajstić information content (AvgIpc) is 2.52. The Hall–Kier alpha value is -1.86. The highest BCUT2D eigenvalue weighted by Gasteiger charge is 2.56. The van der Waals surface area contributed by atoms with E-state index in [4.69, 9.17) is 5.11 Å². The van der Waals surface area contributed by atoms with Gasteiger partial charge in [-0.05, 0) is 5.92 Å². The first-order valence-corrected chi connectivity index (χ1v) is 5.96. The van der Waals surface area contributed by atoms with E-state index in [0.29, 0.717) is 0 Å². The van der Waals surface area contributed by atoms with Crippen LogP contribution in [0, 0.1) is 23.7 Å². The molecule has 0 saturated carbocycles. The summed E-state index contributed by atoms with van der Waals surface area (Å²) in [6.07, 6.45) is -1.90. The van der Waals surface area contributed by atoms with Crippen LogP contribution in [0.15, 0.2) is 12.2 Å². The molecule has 4 atom stereocenters. The molecule has 1 saturated heterocycles. The van der Waals surface area contributed by atoms with Crippen LogP contribution in [0.1, 0.15) is 6.92 Å². The van der Waals surface area contributed by atoms with E-state index >= 15 is 0 Å². The Morgan fingerprint density at radius 2 is 1.90 bits per heavy atom. The molecule has 110 valence electrons. The summed E-state index contributed by atoms with van der Waals surface area (Å²) in [7, 11) is 0. The molecule has 20 heavy (non-hydrogen) atoms. The number of halogens is 3. The Morgan fingerprint density at radius 3 is 2.40 bits per heavy atom. The second-order valence-corrected chi connectivity index (χ2v) is 5.04. The number of likely N-dealkylation sites (tertiary alicyclic amines) is 1. The minimum absolute atomic E-state index is 0.119. The number of carbonyl (C=O) groups excluding carboxylic acids is 2. The standard InChI is InChI=1S/C12H12F3NO4/c1-5-2-3-6-8(7(5)11(19)20)10(18)16(9(6)17)4-12(13,14)15/h2-3,5-8H,4H2,1H3,(H,19,20)/t5-,6-,7+,8-/m0/s1. The van der Waals surface area contributed by atoms with Gasteiger partial charge in [-0.2, -0.15) is 13.2 Å². The number of aliphatic carboxylic acids is 1. The monoisotopic (exact) mass is 291 g/mol. The number of imide groups is 1. The smallest absolute Gasteiger partial charge is 0.406 e. The zero-order valence-corrected chi connectivity index (χ0v) is 10.4. The van der Waals surface area contributed by atoms with E-state index < -0.39 is 54.2 Å². The molecule has 1 N–H and O–H groups in total. The molecular formula is C12H12F3NO4. The van der Waals surface area contributed by atoms with Crippen molar-refractivity contribution in [3.05, 3.63) is 12.2 Å². The van der Waals surface area contributed by atoms with Gasteiger partial charge in [-0.25, -0.2) is 0 Å². The van der Waals surface area contributed by atoms with Crippen molar-refractivity contribution in [1.29, 1.82) is 0 Å². The zero-order chi connectivity index (χ0) is 15.2. The first-order chi connectivity index (χ1) is 9.13. The van der Waals surface area contributed by atoms with Gasteiger partial charge >= 0.3 is 12.1 Å². The van der Waals surface area contributed by atoms with E-state index in [2.05, 4.69) is 0 Å². The number of rotatable bonds is 2. The maximum Gasteiger partial charge on any atom is 0.406 e. The van der Waals surface area contributed by atoms with Crippen molar-refractivity contribution in [1.82, 2.24) is 4.90 Å². The number of alkyl halides is 3. The van der Waals surface area contributed by atoms with Crippen molar-refractivity contribution in [3.8, 4) is 0 Å². The molecular weight excluding hydrogens is 279 g/mol. The highest BCUT2D eigenvalue weighted by Crippen LogP contribution is 2.41. The molecule has 8 heteroatoms. The van der Waals surface area contributed by atoms with Crippen LogP contribution in [0.5, 0.6) is 0 Å². The summed E-state index contributed by atoms with van der Waals surface area (Å²) >= 11 is 0. The molecule has 0 aromatic heterocycles. The number of hydrogen-bond acceptors (Lipinski definition) is 3. The van der Waals surface area contributed by atoms with Gasteiger partial charge in [-0.15, -0.1) is 0 Å². The summed E-state index contributed by atoms with van der Waals surface area (Å²) in [6.45, 7) is -0.123. The van der Waals surface area contributed by atoms with Gasteiger partial charge in [0.2, 0.25) is 11.8 Å². The summed E-state index contributed by atoms with van der Waals surface area (Å²) in [5, 5.41) is 9.14. The molecule has 1 aliphatic carbocycles. The fourth-order valence-electron chi connectivity index (χ4n) is 2.81. The zero-order valence-electron chi connectivity index (χ0n) is 10.4. The molecule has 5 nitrogen and oxygen atoms in total. The molecule has 0 bridgehead atoms. The lowest BCUT2D eigenvalue weighted by Crippen LogP contribution is -2.41. The van der Waals surface area contributed by atoms with Crippen molar-refractivity contribution in [2.45, 2.75) is 13.1 Å². The van der Waals surface area contributed by atoms with Gasteiger partial charge in [0, 0.05) is 0 Å². The third kappa shape index (κ3) is 2.30. The minimum Gasteiger partial charge on any atom is -0.481 e. The second-order valence-electron chi connectivity index (χ2n) is 5.04. The van der Waals surface area contributed by atoms with Crippen molar-refractivity contribution in [2.24, 2.45) is 23.7 Å². The molecule has 0 radical (unpaired) electrons. The number of carbonyl (C=O) groups is 3. The van der Waals surface area contributed by atoms with E-state index in [1.165, 1.54) is 12.2 Å². The third-order valence-electron chi connectivity index (χ3n) is 3.69. The number of amides is 2. The first kappa shape index (κ1) is 14.5. The molecule has 2 rings (SSSR count). The number of allylic oxidation sites excluding steroid dienone is 1. The average molecular weight is 291 g/mol. The largest absolute Gasteiger partial charge is 0.481 e. The van der Waals surface area contributed by atoms with Gasteiger partial charge in [0.1, 0.15) is 6.54 Å². The van der Waals surface area contributed by atoms with Gasteiger partial charge in [0.25, 0.3) is 0 Å². The molecule has 0 aromatic carbocycles. The maximum atomic E-state index is 12.4. The molecule has 2 aliphatic rings. The number of carboxylic acid groups (broad SMARTS) is 1. The third-order valence-corrected chi connectivity index (χ3v) is 3.69. The summed E-state index contributed by atoms with van der Waals surface area (Å²) in [6, 6.07) is 0. The highest BCUT2D eigenvalue weighted by molar-refractivity contribution is 6.07. The molecule has 1 heterocycles. The van der Waals surface area contributed by atoms with Gasteiger partial charge in [-0.3, -0.25) is 19.3 Å². The second kappa shape index (κ2) is 4.60. The topological polar surface area (TPSA) is 74.7 Å². The highest BCUT2D eigenvalue weighted by atomic mass is 19.4. The molecule has 2 amide bonds. The van der Waals surface area contributed by atoms with Gasteiger partial charge in [0.05, 0.1) is 17.8 Å². The normalized spacial score (nSPS) is 33.5. The van der Waals surface area contributed by atoms with Crippen molar-refractivity contribution < 1.29 is 32.7 Å². The van der Waals surface area contributed by atoms with Crippen LogP contribution in [0.4, 0.5) is 13.2 Å². The Labute approximate surface area is 112 Å². The predicted molar refractivity (Wildman–Crippen MR) is 59.2 cm³/mol. The van der Waals surface area contributed by atoms with Gasteiger partial charge < -0.3 is 5.11 Å². The van der Waals surface area contributed by atoms with Crippen molar-refractivity contribution >= 4 is 17.8 Å². The van der Waals surface area contributed by atoms with E-state index in [9.17, 15) is 27.6 Å². The molecule has 1 aliphatic heterocycles. The predicted octanol–water partition coefficient (Wildman–Crippen LogP) is 1.06. The number of fused-ring (bicyclic) bond motifs is 1. The van der Waals surface area contributed by atoms with Crippen LogP contribution >= 0.6 is 0 Å². The molecule has 0 spiro atoms. The Balaban J connectivity index is 2.35. The van der Waals surface area contributed by atoms with E-state index in [0.717, 1.165) is 0 Å². The van der Waals surface area contributed by atoms with Crippen molar-refractivity contribution in [3.63, 3.8) is 0 Å². The number of carboxylic acids is 1. The van der Waals surface area contributed by atoms with Gasteiger partial charge in [-0.1, -0.05) is 19.1 Å². The van der Waals surface area contributed by atoms with Crippen LogP contribution in [-0.2, 0) is 14.4 Å². The van der Waals surface area contributed by atoms with Crippen LogP contribution in [-0.4, -0.2) is 40.5 Å². The lowest BCUT2D eigenvalue weighted by Gasteiger charge is -2.28. The first-order valence-electron chi connectivity index (χ1n) is 5.96. The molecule has 0 unspecified atom stereocenters. The van der Waals surface area contributed by atoms with E-state index in [-0.39, 0.29) is 4.90 Å².